The summed E-state index contributed by atoms with van der Waals surface area (Å²) >= 11 is 2.97. The van der Waals surface area contributed by atoms with E-state index in [1.54, 1.807) is 47.9 Å². The summed E-state index contributed by atoms with van der Waals surface area (Å²) in [5.41, 5.74) is 2.20. The van der Waals surface area contributed by atoms with Crippen LogP contribution in [0, 0.1) is 0 Å². The molecule has 1 N–H and O–H groups in total. The van der Waals surface area contributed by atoms with Crippen molar-refractivity contribution in [2.45, 2.75) is 0 Å². The highest BCUT2D eigenvalue weighted by molar-refractivity contribution is 7.21. The van der Waals surface area contributed by atoms with Crippen molar-refractivity contribution in [2.24, 2.45) is 0 Å². The van der Waals surface area contributed by atoms with E-state index in [1.165, 1.54) is 11.3 Å². The van der Waals surface area contributed by atoms with Gasteiger partial charge in [0, 0.05) is 43.6 Å². The summed E-state index contributed by atoms with van der Waals surface area (Å²) in [7, 11) is 0. The van der Waals surface area contributed by atoms with Gasteiger partial charge in [0.1, 0.15) is 10.3 Å². The molecule has 156 valence electrons. The number of thiophene rings is 1. The Balaban J connectivity index is 1.19. The number of thiazole rings is 1. The van der Waals surface area contributed by atoms with Crippen molar-refractivity contribution in [1.29, 1.82) is 0 Å². The molecule has 1 fully saturated rings. The molecule has 0 unspecified atom stereocenters. The van der Waals surface area contributed by atoms with E-state index >= 15 is 0 Å². The molecule has 1 aliphatic rings. The summed E-state index contributed by atoms with van der Waals surface area (Å²) < 4.78 is 0. The van der Waals surface area contributed by atoms with Gasteiger partial charge >= 0.3 is 0 Å². The minimum Gasteiger partial charge on any atom is -0.344 e. The Labute approximate surface area is 187 Å². The number of nitrogens with zero attached hydrogens (tertiary/aromatic N) is 4. The molecule has 3 aromatic heterocycles. The van der Waals surface area contributed by atoms with Gasteiger partial charge in [0.2, 0.25) is 0 Å². The SMILES string of the molecule is O=C(Nc1ccc(C(=O)N2CCN(c3nc4cccnc4s3)CC2)cc1)c1cccs1. The van der Waals surface area contributed by atoms with Crippen molar-refractivity contribution in [3.05, 3.63) is 70.5 Å². The zero-order valence-corrected chi connectivity index (χ0v) is 18.2. The molecule has 0 aliphatic carbocycles. The van der Waals surface area contributed by atoms with Crippen LogP contribution in [-0.2, 0) is 0 Å². The van der Waals surface area contributed by atoms with E-state index in [0.717, 1.165) is 28.6 Å². The third kappa shape index (κ3) is 4.14. The Morgan fingerprint density at radius 3 is 2.48 bits per heavy atom. The van der Waals surface area contributed by atoms with Crippen LogP contribution < -0.4 is 10.2 Å². The van der Waals surface area contributed by atoms with Crippen LogP contribution in [0.2, 0.25) is 0 Å². The lowest BCUT2D eigenvalue weighted by Gasteiger charge is -2.34. The Kier molecular flexibility index (Phi) is 5.35. The lowest BCUT2D eigenvalue weighted by atomic mass is 10.1. The highest BCUT2D eigenvalue weighted by atomic mass is 32.1. The lowest BCUT2D eigenvalue weighted by Crippen LogP contribution is -2.48. The van der Waals surface area contributed by atoms with E-state index in [-0.39, 0.29) is 11.8 Å². The average Bonchev–Trinajstić information content (AvgIpc) is 3.49. The maximum atomic E-state index is 12.9. The molecule has 5 rings (SSSR count). The van der Waals surface area contributed by atoms with E-state index in [1.807, 2.05) is 28.5 Å². The van der Waals surface area contributed by atoms with Crippen molar-refractivity contribution >= 4 is 55.7 Å². The predicted octanol–water partition coefficient (Wildman–Crippen LogP) is 3.97. The number of nitrogens with one attached hydrogen (secondary N) is 1. The minimum atomic E-state index is -0.143. The smallest absolute Gasteiger partial charge is 0.265 e. The number of piperazine rings is 1. The van der Waals surface area contributed by atoms with Crippen LogP contribution in [0.1, 0.15) is 20.0 Å². The van der Waals surface area contributed by atoms with Crippen molar-refractivity contribution < 1.29 is 9.59 Å². The van der Waals surface area contributed by atoms with Gasteiger partial charge in [-0.1, -0.05) is 17.4 Å². The molecule has 4 heterocycles. The molecule has 31 heavy (non-hydrogen) atoms. The number of amides is 2. The highest BCUT2D eigenvalue weighted by Gasteiger charge is 2.24. The highest BCUT2D eigenvalue weighted by Crippen LogP contribution is 2.28. The van der Waals surface area contributed by atoms with Crippen LogP contribution in [0.3, 0.4) is 0 Å². The number of hydrogen-bond donors (Lipinski definition) is 1. The zero-order chi connectivity index (χ0) is 21.2. The van der Waals surface area contributed by atoms with Gasteiger partial charge in [-0.2, -0.15) is 0 Å². The predicted molar refractivity (Wildman–Crippen MR) is 124 cm³/mol. The van der Waals surface area contributed by atoms with Gasteiger partial charge in [0.15, 0.2) is 5.13 Å². The van der Waals surface area contributed by atoms with Gasteiger partial charge in [-0.25, -0.2) is 9.97 Å². The van der Waals surface area contributed by atoms with E-state index in [2.05, 4.69) is 20.2 Å². The first-order chi connectivity index (χ1) is 15.2. The molecule has 0 bridgehead atoms. The first kappa shape index (κ1) is 19.7. The van der Waals surface area contributed by atoms with Gasteiger partial charge in [0.25, 0.3) is 11.8 Å². The summed E-state index contributed by atoms with van der Waals surface area (Å²) in [6.07, 6.45) is 1.78. The second kappa shape index (κ2) is 8.44. The van der Waals surface area contributed by atoms with E-state index in [0.29, 0.717) is 29.2 Å². The van der Waals surface area contributed by atoms with E-state index in [9.17, 15) is 9.59 Å². The molecule has 1 aliphatic heterocycles. The number of anilines is 2. The van der Waals surface area contributed by atoms with Gasteiger partial charge in [-0.05, 0) is 47.8 Å². The maximum Gasteiger partial charge on any atom is 0.265 e. The molecule has 2 amide bonds. The Hall–Kier alpha value is -3.30. The molecular weight excluding hydrogens is 430 g/mol. The third-order valence-corrected chi connectivity index (χ3v) is 7.04. The summed E-state index contributed by atoms with van der Waals surface area (Å²) in [6, 6.07) is 14.5. The normalized spacial score (nSPS) is 14.1. The van der Waals surface area contributed by atoms with Crippen molar-refractivity contribution in [3.8, 4) is 0 Å². The number of pyridine rings is 1. The first-order valence-corrected chi connectivity index (χ1v) is 11.6. The van der Waals surface area contributed by atoms with Gasteiger partial charge in [0.05, 0.1) is 4.88 Å². The Morgan fingerprint density at radius 2 is 1.77 bits per heavy atom. The number of carbonyl (C=O) groups is 2. The number of benzene rings is 1. The fourth-order valence-corrected chi connectivity index (χ4v) is 5.05. The van der Waals surface area contributed by atoms with Crippen molar-refractivity contribution in [3.63, 3.8) is 0 Å². The fraction of sp³-hybridized carbons (Fsp3) is 0.182. The number of aromatic nitrogens is 2. The van der Waals surface area contributed by atoms with Crippen LogP contribution >= 0.6 is 22.7 Å². The van der Waals surface area contributed by atoms with E-state index in [4.69, 9.17) is 0 Å². The molecule has 9 heteroatoms. The molecule has 0 spiro atoms. The average molecular weight is 450 g/mol. The van der Waals surface area contributed by atoms with Gasteiger partial charge in [-0.15, -0.1) is 11.3 Å². The second-order valence-corrected chi connectivity index (χ2v) is 9.02. The van der Waals surface area contributed by atoms with Crippen LogP contribution in [0.15, 0.2) is 60.1 Å². The zero-order valence-electron chi connectivity index (χ0n) is 16.5. The lowest BCUT2D eigenvalue weighted by molar-refractivity contribution is 0.0746. The molecule has 1 aromatic carbocycles. The fourth-order valence-electron chi connectivity index (χ4n) is 3.47. The molecule has 4 aromatic rings. The molecule has 7 nitrogen and oxygen atoms in total. The summed E-state index contributed by atoms with van der Waals surface area (Å²) in [5, 5.41) is 5.67. The number of hydrogen-bond acceptors (Lipinski definition) is 7. The molecule has 1 saturated heterocycles. The third-order valence-electron chi connectivity index (χ3n) is 5.13. The maximum absolute atomic E-state index is 12.9. The van der Waals surface area contributed by atoms with Gasteiger partial charge in [-0.3, -0.25) is 9.59 Å². The molecule has 0 atom stereocenters. The largest absolute Gasteiger partial charge is 0.344 e. The molecule has 0 radical (unpaired) electrons. The van der Waals surface area contributed by atoms with Crippen LogP contribution in [0.25, 0.3) is 10.3 Å². The number of rotatable bonds is 4. The monoisotopic (exact) mass is 449 g/mol. The topological polar surface area (TPSA) is 78.4 Å². The Bertz CT molecular complexity index is 1180. The standard InChI is InChI=1S/C22H19N5O2S2/c28-19(18-4-2-14-30-18)24-16-7-5-15(6-8-16)21(29)26-10-12-27(13-11-26)22-25-17-3-1-9-23-20(17)31-22/h1-9,14H,10-13H2,(H,24,28). The quantitative estimate of drug-likeness (QED) is 0.510. The van der Waals surface area contributed by atoms with Crippen LogP contribution in [-0.4, -0.2) is 52.9 Å². The number of fused-ring (bicyclic) bond motifs is 1. The van der Waals surface area contributed by atoms with Crippen LogP contribution in [0.4, 0.5) is 10.8 Å². The minimum absolute atomic E-state index is 0.00162. The summed E-state index contributed by atoms with van der Waals surface area (Å²) in [6.45, 7) is 2.75. The summed E-state index contributed by atoms with van der Waals surface area (Å²) in [4.78, 5) is 39.7. The van der Waals surface area contributed by atoms with Crippen molar-refractivity contribution in [1.82, 2.24) is 14.9 Å². The Morgan fingerprint density at radius 1 is 0.968 bits per heavy atom. The molecule has 0 saturated carbocycles. The van der Waals surface area contributed by atoms with Crippen LogP contribution in [0.5, 0.6) is 0 Å². The second-order valence-electron chi connectivity index (χ2n) is 7.11. The number of carbonyl (C=O) groups excluding carboxylic acids is 2. The molecular formula is C22H19N5O2S2. The van der Waals surface area contributed by atoms with E-state index < -0.39 is 0 Å². The first-order valence-electron chi connectivity index (χ1n) is 9.88. The van der Waals surface area contributed by atoms with Gasteiger partial charge < -0.3 is 15.1 Å². The summed E-state index contributed by atoms with van der Waals surface area (Å²) in [5.74, 6) is -0.142. The van der Waals surface area contributed by atoms with Crippen molar-refractivity contribution in [2.75, 3.05) is 36.4 Å².